The molecule has 190 valence electrons. The third-order valence-corrected chi connectivity index (χ3v) is 5.37. The van der Waals surface area contributed by atoms with Crippen LogP contribution >= 0.6 is 0 Å². The molecule has 2 N–H and O–H groups in total. The molecule has 0 atom stereocenters. The number of H-pyrrole nitrogens is 1. The van der Waals surface area contributed by atoms with Crippen molar-refractivity contribution in [1.82, 2.24) is 15.3 Å². The molecule has 9 nitrogen and oxygen atoms in total. The predicted octanol–water partition coefficient (Wildman–Crippen LogP) is 5.44. The molecule has 4 rings (SSSR count). The van der Waals surface area contributed by atoms with Crippen molar-refractivity contribution in [2.45, 2.75) is 6.18 Å². The van der Waals surface area contributed by atoms with E-state index in [1.54, 1.807) is 6.07 Å². The van der Waals surface area contributed by atoms with Gasteiger partial charge in [0.1, 0.15) is 0 Å². The van der Waals surface area contributed by atoms with Gasteiger partial charge in [0.05, 0.1) is 41.4 Å². The summed E-state index contributed by atoms with van der Waals surface area (Å²) in [6.45, 7) is 0. The molecule has 0 saturated carbocycles. The number of fused-ring (bicyclic) bond motifs is 1. The summed E-state index contributed by atoms with van der Waals surface area (Å²) in [5, 5.41) is 13.7. The van der Waals surface area contributed by atoms with Gasteiger partial charge in [-0.25, -0.2) is 4.98 Å². The Kier molecular flexibility index (Phi) is 6.83. The molecule has 0 saturated heterocycles. The molecule has 12 heteroatoms. The number of alkyl halides is 3. The third-order valence-electron chi connectivity index (χ3n) is 5.37. The molecule has 1 heterocycles. The van der Waals surface area contributed by atoms with Crippen LogP contribution in [-0.4, -0.2) is 35.0 Å². The van der Waals surface area contributed by atoms with Gasteiger partial charge in [-0.3, -0.25) is 14.9 Å². The molecular weight excluding hydrogens is 493 g/mol. The number of non-ortho nitro benzene ring substituents is 1. The largest absolute Gasteiger partial charge is 0.493 e. The first-order chi connectivity index (χ1) is 17.6. The average molecular weight is 512 g/mol. The number of hydrogen-bond donors (Lipinski definition) is 2. The number of nitrogens with one attached hydrogen (secondary N) is 2. The third kappa shape index (κ3) is 5.53. The molecule has 0 bridgehead atoms. The van der Waals surface area contributed by atoms with E-state index >= 15 is 0 Å². The molecule has 4 aromatic rings. The van der Waals surface area contributed by atoms with Gasteiger partial charge in [0.25, 0.3) is 11.6 Å². The smallest absolute Gasteiger partial charge is 0.416 e. The van der Waals surface area contributed by atoms with Crippen LogP contribution < -0.4 is 14.8 Å². The molecular formula is C25H19F3N4O5. The fourth-order valence-corrected chi connectivity index (χ4v) is 3.51. The van der Waals surface area contributed by atoms with Gasteiger partial charge >= 0.3 is 6.18 Å². The minimum atomic E-state index is -4.54. The lowest BCUT2D eigenvalue weighted by Gasteiger charge is -2.11. The van der Waals surface area contributed by atoms with Crippen molar-refractivity contribution in [3.63, 3.8) is 0 Å². The zero-order valence-corrected chi connectivity index (χ0v) is 19.4. The van der Waals surface area contributed by atoms with Crippen molar-refractivity contribution in [2.24, 2.45) is 0 Å². The number of nitro benzene ring substituents is 1. The van der Waals surface area contributed by atoms with Crippen molar-refractivity contribution in [3.8, 4) is 11.5 Å². The number of benzene rings is 3. The van der Waals surface area contributed by atoms with E-state index in [1.165, 1.54) is 62.8 Å². The van der Waals surface area contributed by atoms with E-state index in [4.69, 9.17) is 9.47 Å². The average Bonchev–Trinajstić information content (AvgIpc) is 3.31. The molecule has 37 heavy (non-hydrogen) atoms. The first-order valence-electron chi connectivity index (χ1n) is 10.7. The van der Waals surface area contributed by atoms with Crippen LogP contribution in [0, 0.1) is 10.1 Å². The van der Waals surface area contributed by atoms with E-state index in [0.717, 1.165) is 12.1 Å². The zero-order chi connectivity index (χ0) is 26.7. The van der Waals surface area contributed by atoms with E-state index < -0.39 is 22.6 Å². The maximum absolute atomic E-state index is 13.2. The summed E-state index contributed by atoms with van der Waals surface area (Å²) in [4.78, 5) is 30.7. The van der Waals surface area contributed by atoms with Crippen LogP contribution in [0.3, 0.4) is 0 Å². The second-order valence-electron chi connectivity index (χ2n) is 7.75. The standard InChI is InChI=1S/C25H19F3N4O5/c1-36-21-10-5-15(12-22(21)37-2)24(33)31-20(11-14-3-7-17(8-4-14)32(34)35)23-29-18-9-6-16(25(26,27)28)13-19(18)30-23/h3-13H,1-2H3,(H,29,30)(H,31,33). The van der Waals surface area contributed by atoms with Crippen LogP contribution in [-0.2, 0) is 6.18 Å². The molecule has 0 aliphatic heterocycles. The molecule has 3 aromatic carbocycles. The first kappa shape index (κ1) is 25.2. The van der Waals surface area contributed by atoms with Crippen LogP contribution in [0.15, 0.2) is 60.7 Å². The van der Waals surface area contributed by atoms with Crippen LogP contribution in [0.2, 0.25) is 0 Å². The van der Waals surface area contributed by atoms with Crippen molar-refractivity contribution in [1.29, 1.82) is 0 Å². The topological polar surface area (TPSA) is 119 Å². The van der Waals surface area contributed by atoms with E-state index in [9.17, 15) is 28.1 Å². The van der Waals surface area contributed by atoms with Crippen molar-refractivity contribution in [3.05, 3.63) is 93.3 Å². The fraction of sp³-hybridized carbons (Fsp3) is 0.120. The Bertz CT molecular complexity index is 1510. The number of nitrogens with zero attached hydrogens (tertiary/aromatic N) is 2. The van der Waals surface area contributed by atoms with E-state index in [-0.39, 0.29) is 33.8 Å². The van der Waals surface area contributed by atoms with Gasteiger partial charge < -0.3 is 19.8 Å². The minimum Gasteiger partial charge on any atom is -0.493 e. The summed E-state index contributed by atoms with van der Waals surface area (Å²) >= 11 is 0. The van der Waals surface area contributed by atoms with E-state index in [2.05, 4.69) is 15.3 Å². The number of aromatic nitrogens is 2. The number of ether oxygens (including phenoxy) is 2. The molecule has 0 radical (unpaired) electrons. The van der Waals surface area contributed by atoms with Gasteiger partial charge in [-0.2, -0.15) is 13.2 Å². The normalized spacial score (nSPS) is 11.9. The highest BCUT2D eigenvalue weighted by molar-refractivity contribution is 6.02. The summed E-state index contributed by atoms with van der Waals surface area (Å²) in [6.07, 6.45) is -3.05. The summed E-state index contributed by atoms with van der Waals surface area (Å²) in [5.41, 5.74) is 0.186. The Morgan fingerprint density at radius 3 is 2.35 bits per heavy atom. The molecule has 1 amide bonds. The Labute approximate surface area is 207 Å². The summed E-state index contributed by atoms with van der Waals surface area (Å²) in [7, 11) is 2.87. The van der Waals surface area contributed by atoms with Gasteiger partial charge in [0, 0.05) is 17.7 Å². The highest BCUT2D eigenvalue weighted by Crippen LogP contribution is 2.32. The maximum atomic E-state index is 13.2. The van der Waals surface area contributed by atoms with Crippen LogP contribution in [0.1, 0.15) is 27.3 Å². The number of carbonyl (C=O) groups is 1. The molecule has 0 aliphatic carbocycles. The Balaban J connectivity index is 1.76. The Hall–Kier alpha value is -4.87. The van der Waals surface area contributed by atoms with Gasteiger partial charge in [-0.15, -0.1) is 0 Å². The number of nitro groups is 1. The Morgan fingerprint density at radius 2 is 1.73 bits per heavy atom. The molecule has 0 fully saturated rings. The van der Waals surface area contributed by atoms with E-state index in [1.807, 2.05) is 0 Å². The van der Waals surface area contributed by atoms with Crippen molar-refractivity contribution < 1.29 is 32.4 Å². The second-order valence-corrected chi connectivity index (χ2v) is 7.75. The lowest BCUT2D eigenvalue weighted by Crippen LogP contribution is -2.22. The van der Waals surface area contributed by atoms with Crippen molar-refractivity contribution in [2.75, 3.05) is 14.2 Å². The van der Waals surface area contributed by atoms with Gasteiger partial charge in [0.15, 0.2) is 17.3 Å². The summed E-state index contributed by atoms with van der Waals surface area (Å²) in [5.74, 6) is 0.255. The molecule has 0 aliphatic rings. The number of halogens is 3. The highest BCUT2D eigenvalue weighted by Gasteiger charge is 2.31. The number of hydrogen-bond acceptors (Lipinski definition) is 6. The number of carbonyl (C=O) groups excluding carboxylic acids is 1. The second kappa shape index (κ2) is 10.0. The number of aromatic amines is 1. The predicted molar refractivity (Wildman–Crippen MR) is 129 cm³/mol. The number of methoxy groups -OCH3 is 2. The number of amides is 1. The van der Waals surface area contributed by atoms with E-state index in [0.29, 0.717) is 17.1 Å². The zero-order valence-electron chi connectivity index (χ0n) is 19.4. The van der Waals surface area contributed by atoms with Gasteiger partial charge in [0.2, 0.25) is 0 Å². The van der Waals surface area contributed by atoms with Crippen LogP contribution in [0.5, 0.6) is 11.5 Å². The summed E-state index contributed by atoms with van der Waals surface area (Å²) < 4.78 is 49.9. The Morgan fingerprint density at radius 1 is 1.03 bits per heavy atom. The fourth-order valence-electron chi connectivity index (χ4n) is 3.51. The lowest BCUT2D eigenvalue weighted by molar-refractivity contribution is -0.384. The number of rotatable bonds is 7. The minimum absolute atomic E-state index is 0.0847. The van der Waals surface area contributed by atoms with Gasteiger partial charge in [-0.1, -0.05) is 0 Å². The molecule has 0 unspecified atom stereocenters. The number of imidazole rings is 1. The lowest BCUT2D eigenvalue weighted by atomic mass is 10.1. The van der Waals surface area contributed by atoms with Crippen LogP contribution in [0.25, 0.3) is 22.8 Å². The highest BCUT2D eigenvalue weighted by atomic mass is 19.4. The maximum Gasteiger partial charge on any atom is 0.416 e. The monoisotopic (exact) mass is 512 g/mol. The SMILES string of the molecule is COc1ccc(C(=O)NC(=Cc2ccc([N+](=O)[O-])cc2)c2nc3ccc(C(F)(F)F)cc3[nH]2)cc1OC. The van der Waals surface area contributed by atoms with Gasteiger partial charge in [-0.05, 0) is 60.2 Å². The molecule has 1 aromatic heterocycles. The van der Waals surface area contributed by atoms with Crippen LogP contribution in [0.4, 0.5) is 18.9 Å². The van der Waals surface area contributed by atoms with Crippen molar-refractivity contribution >= 4 is 34.4 Å². The quantitative estimate of drug-likeness (QED) is 0.252. The first-order valence-corrected chi connectivity index (χ1v) is 10.7. The summed E-state index contributed by atoms with van der Waals surface area (Å²) in [6, 6.07) is 13.1. The molecule has 0 spiro atoms.